The predicted octanol–water partition coefficient (Wildman–Crippen LogP) is 3.45. The number of halogens is 1. The topological polar surface area (TPSA) is 64.4 Å². The number of hydrogen-bond acceptors (Lipinski definition) is 3. The highest BCUT2D eigenvalue weighted by atomic mass is 19.1. The second-order valence-electron chi connectivity index (χ2n) is 8.11. The van der Waals surface area contributed by atoms with Crippen molar-refractivity contribution < 1.29 is 13.9 Å². The Hall–Kier alpha value is -1.62. The number of hydrogen-bond donors (Lipinski definition) is 2. The van der Waals surface area contributed by atoms with E-state index in [1.807, 2.05) is 20.8 Å². The van der Waals surface area contributed by atoms with Gasteiger partial charge in [0, 0.05) is 23.6 Å². The summed E-state index contributed by atoms with van der Waals surface area (Å²) in [4.78, 5) is 12.9. The molecule has 3 atom stereocenters. The highest BCUT2D eigenvalue weighted by Crippen LogP contribution is 2.40. The number of carbonyl (C=O) groups excluding carboxylic acids is 1. The molecule has 1 heterocycles. The van der Waals surface area contributed by atoms with Gasteiger partial charge in [-0.2, -0.15) is 0 Å². The molecule has 24 heavy (non-hydrogen) atoms. The van der Waals surface area contributed by atoms with Crippen LogP contribution in [0.1, 0.15) is 64.5 Å². The Morgan fingerprint density at radius 3 is 2.79 bits per heavy atom. The number of rotatable bonds is 2. The second-order valence-corrected chi connectivity index (χ2v) is 8.11. The van der Waals surface area contributed by atoms with Gasteiger partial charge in [0.1, 0.15) is 17.2 Å². The molecular formula is C19H27FN2O2. The van der Waals surface area contributed by atoms with Crippen LogP contribution in [-0.2, 0) is 4.79 Å². The lowest BCUT2D eigenvalue weighted by Crippen LogP contribution is -2.54. The normalized spacial score (nSPS) is 31.7. The van der Waals surface area contributed by atoms with Crippen molar-refractivity contribution in [2.45, 2.75) is 70.1 Å². The van der Waals surface area contributed by atoms with E-state index < -0.39 is 11.1 Å². The molecule has 0 aromatic heterocycles. The molecule has 1 aromatic carbocycles. The van der Waals surface area contributed by atoms with Gasteiger partial charge in [0.25, 0.3) is 0 Å². The molecule has 3 rings (SSSR count). The summed E-state index contributed by atoms with van der Waals surface area (Å²) in [6, 6.07) is 4.32. The van der Waals surface area contributed by atoms with Crippen molar-refractivity contribution in [2.75, 3.05) is 0 Å². The van der Waals surface area contributed by atoms with Crippen LogP contribution in [0, 0.1) is 11.7 Å². The third-order valence-electron chi connectivity index (χ3n) is 5.32. The molecule has 1 amide bonds. The van der Waals surface area contributed by atoms with Crippen molar-refractivity contribution in [2.24, 2.45) is 11.7 Å². The van der Waals surface area contributed by atoms with Gasteiger partial charge in [-0.1, -0.05) is 18.9 Å². The Bertz CT molecular complexity index is 642. The zero-order valence-corrected chi connectivity index (χ0v) is 14.7. The van der Waals surface area contributed by atoms with Gasteiger partial charge in [-0.05, 0) is 39.7 Å². The SMILES string of the molecule is CC1(C)CC(NC(=O)C2CCCCC2(C)N)c2ccc(F)cc2O1. The fourth-order valence-electron chi connectivity index (χ4n) is 4.02. The Morgan fingerprint density at radius 1 is 1.33 bits per heavy atom. The molecule has 1 fully saturated rings. The number of nitrogens with two attached hydrogens (primary N) is 1. The summed E-state index contributed by atoms with van der Waals surface area (Å²) in [5.74, 6) is -0.00664. The largest absolute Gasteiger partial charge is 0.487 e. The summed E-state index contributed by atoms with van der Waals surface area (Å²) >= 11 is 0. The predicted molar refractivity (Wildman–Crippen MR) is 91.2 cm³/mol. The van der Waals surface area contributed by atoms with Crippen molar-refractivity contribution in [1.29, 1.82) is 0 Å². The number of nitrogens with one attached hydrogen (secondary N) is 1. The van der Waals surface area contributed by atoms with Crippen LogP contribution in [0.25, 0.3) is 0 Å². The fraction of sp³-hybridized carbons (Fsp3) is 0.632. The van der Waals surface area contributed by atoms with Gasteiger partial charge in [0.15, 0.2) is 0 Å². The number of benzene rings is 1. The summed E-state index contributed by atoms with van der Waals surface area (Å²) < 4.78 is 19.4. The van der Waals surface area contributed by atoms with Gasteiger partial charge >= 0.3 is 0 Å². The first-order valence-corrected chi connectivity index (χ1v) is 8.76. The summed E-state index contributed by atoms with van der Waals surface area (Å²) in [7, 11) is 0. The van der Waals surface area contributed by atoms with Crippen molar-refractivity contribution in [3.05, 3.63) is 29.6 Å². The van der Waals surface area contributed by atoms with Crippen LogP contribution < -0.4 is 15.8 Å². The van der Waals surface area contributed by atoms with Crippen molar-refractivity contribution >= 4 is 5.91 Å². The summed E-state index contributed by atoms with van der Waals surface area (Å²) in [6.45, 7) is 5.87. The van der Waals surface area contributed by atoms with E-state index in [0.29, 0.717) is 12.2 Å². The molecule has 1 aromatic rings. The lowest BCUT2D eigenvalue weighted by molar-refractivity contribution is -0.129. The number of amides is 1. The van der Waals surface area contributed by atoms with Gasteiger partial charge in [-0.15, -0.1) is 0 Å². The number of carbonyl (C=O) groups is 1. The molecule has 0 saturated heterocycles. The quantitative estimate of drug-likeness (QED) is 0.870. The smallest absolute Gasteiger partial charge is 0.225 e. The molecule has 3 N–H and O–H groups in total. The van der Waals surface area contributed by atoms with E-state index in [9.17, 15) is 9.18 Å². The van der Waals surface area contributed by atoms with E-state index in [1.54, 1.807) is 6.07 Å². The Labute approximate surface area is 142 Å². The van der Waals surface area contributed by atoms with E-state index in [2.05, 4.69) is 5.32 Å². The molecule has 1 saturated carbocycles. The highest BCUT2D eigenvalue weighted by Gasteiger charge is 2.40. The molecule has 0 bridgehead atoms. The van der Waals surface area contributed by atoms with E-state index >= 15 is 0 Å². The first kappa shape index (κ1) is 17.2. The van der Waals surface area contributed by atoms with Crippen LogP contribution in [0.3, 0.4) is 0 Å². The number of fused-ring (bicyclic) bond motifs is 1. The average molecular weight is 334 g/mol. The first-order valence-electron chi connectivity index (χ1n) is 8.76. The summed E-state index contributed by atoms with van der Waals surface area (Å²) in [5, 5.41) is 3.15. The van der Waals surface area contributed by atoms with E-state index in [1.165, 1.54) is 12.1 Å². The minimum atomic E-state index is -0.464. The van der Waals surface area contributed by atoms with Crippen LogP contribution >= 0.6 is 0 Å². The lowest BCUT2D eigenvalue weighted by atomic mass is 9.74. The zero-order chi connectivity index (χ0) is 17.5. The Morgan fingerprint density at radius 2 is 2.08 bits per heavy atom. The number of ether oxygens (including phenoxy) is 1. The van der Waals surface area contributed by atoms with Crippen LogP contribution in [-0.4, -0.2) is 17.0 Å². The van der Waals surface area contributed by atoms with E-state index in [0.717, 1.165) is 31.2 Å². The van der Waals surface area contributed by atoms with Crippen molar-refractivity contribution in [3.63, 3.8) is 0 Å². The van der Waals surface area contributed by atoms with E-state index in [-0.39, 0.29) is 23.7 Å². The molecule has 0 spiro atoms. The summed E-state index contributed by atoms with van der Waals surface area (Å²) in [5.41, 5.74) is 6.27. The molecule has 132 valence electrons. The molecule has 2 aliphatic rings. The third kappa shape index (κ3) is 3.41. The molecule has 3 unspecified atom stereocenters. The molecule has 5 heteroatoms. The van der Waals surface area contributed by atoms with Gasteiger partial charge in [-0.25, -0.2) is 4.39 Å². The molecule has 1 aliphatic carbocycles. The van der Waals surface area contributed by atoms with Crippen LogP contribution in [0.5, 0.6) is 5.75 Å². The maximum Gasteiger partial charge on any atom is 0.225 e. The molecule has 4 nitrogen and oxygen atoms in total. The van der Waals surface area contributed by atoms with E-state index in [4.69, 9.17) is 10.5 Å². The van der Waals surface area contributed by atoms with Gasteiger partial charge < -0.3 is 15.8 Å². The van der Waals surface area contributed by atoms with Crippen molar-refractivity contribution in [1.82, 2.24) is 5.32 Å². The summed E-state index contributed by atoms with van der Waals surface area (Å²) in [6.07, 6.45) is 4.44. The monoisotopic (exact) mass is 334 g/mol. The highest BCUT2D eigenvalue weighted by molar-refractivity contribution is 5.80. The van der Waals surface area contributed by atoms with Gasteiger partial charge in [0.05, 0.1) is 12.0 Å². The standard InChI is InChI=1S/C19H27FN2O2/c1-18(2)11-15(13-8-7-12(20)10-16(13)24-18)22-17(23)14-6-4-5-9-19(14,3)21/h7-8,10,14-15H,4-6,9,11,21H2,1-3H3,(H,22,23). The Kier molecular flexibility index (Phi) is 4.32. The Balaban J connectivity index is 1.83. The van der Waals surface area contributed by atoms with Gasteiger partial charge in [0.2, 0.25) is 5.91 Å². The van der Waals surface area contributed by atoms with Crippen molar-refractivity contribution in [3.8, 4) is 5.75 Å². The fourth-order valence-corrected chi connectivity index (χ4v) is 4.02. The second kappa shape index (κ2) is 6.03. The van der Waals surface area contributed by atoms with Crippen LogP contribution in [0.2, 0.25) is 0 Å². The lowest BCUT2D eigenvalue weighted by Gasteiger charge is -2.41. The maximum atomic E-state index is 13.5. The first-order chi connectivity index (χ1) is 11.2. The van der Waals surface area contributed by atoms with Crippen LogP contribution in [0.15, 0.2) is 18.2 Å². The average Bonchev–Trinajstić information content (AvgIpc) is 2.44. The maximum absolute atomic E-state index is 13.5. The molecule has 0 radical (unpaired) electrons. The van der Waals surface area contributed by atoms with Crippen LogP contribution in [0.4, 0.5) is 4.39 Å². The minimum absolute atomic E-state index is 0.00215. The zero-order valence-electron chi connectivity index (χ0n) is 14.7. The van der Waals surface area contributed by atoms with Gasteiger partial charge in [-0.3, -0.25) is 4.79 Å². The minimum Gasteiger partial charge on any atom is -0.487 e. The third-order valence-corrected chi connectivity index (χ3v) is 5.32. The molecular weight excluding hydrogens is 307 g/mol. The molecule has 1 aliphatic heterocycles.